The molecular formula is C47H50FN6O7PS. The van der Waals surface area contributed by atoms with Crippen LogP contribution < -0.4 is 14.9 Å². The van der Waals surface area contributed by atoms with Gasteiger partial charge >= 0.3 is 13.5 Å². The summed E-state index contributed by atoms with van der Waals surface area (Å²) < 4.78 is 42.6. The number of nitriles is 1. The number of carbonyl (C=O) groups is 4. The number of fused-ring (bicyclic) bond motifs is 2. The van der Waals surface area contributed by atoms with Crippen molar-refractivity contribution in [3.05, 3.63) is 106 Å². The number of nitrogens with one attached hydrogen (secondary N) is 2. The van der Waals surface area contributed by atoms with E-state index in [-0.39, 0.29) is 46.6 Å². The van der Waals surface area contributed by atoms with Gasteiger partial charge in [0.1, 0.15) is 23.9 Å². The zero-order valence-electron chi connectivity index (χ0n) is 35.2. The zero-order valence-corrected chi connectivity index (χ0v) is 36.9. The number of hydrogen-bond acceptors (Lipinski definition) is 9. The zero-order chi connectivity index (χ0) is 44.5. The van der Waals surface area contributed by atoms with E-state index < -0.39 is 54.9 Å². The second-order valence-electron chi connectivity index (χ2n) is 17.0. The normalized spacial score (nSPS) is 24.5. The van der Waals surface area contributed by atoms with E-state index in [1.165, 1.54) is 42.5 Å². The number of carbonyl (C=O) groups excluding carboxylic acids is 4. The predicted molar refractivity (Wildman–Crippen MR) is 236 cm³/mol. The molecule has 3 aliphatic heterocycles. The van der Waals surface area contributed by atoms with E-state index >= 15 is 4.39 Å². The monoisotopic (exact) mass is 892 g/mol. The highest BCUT2D eigenvalue weighted by molar-refractivity contribution is 7.57. The molecular weight excluding hydrogens is 843 g/mol. The van der Waals surface area contributed by atoms with Gasteiger partial charge in [-0.1, -0.05) is 73.9 Å². The van der Waals surface area contributed by atoms with Crippen molar-refractivity contribution < 1.29 is 37.4 Å². The van der Waals surface area contributed by atoms with Crippen molar-refractivity contribution in [1.29, 1.82) is 5.26 Å². The number of nitrogens with zero attached hydrogens (tertiary/aromatic N) is 4. The van der Waals surface area contributed by atoms with E-state index in [0.717, 1.165) is 18.4 Å². The van der Waals surface area contributed by atoms with Crippen LogP contribution in [0.25, 0.3) is 14.9 Å². The van der Waals surface area contributed by atoms with E-state index in [4.69, 9.17) is 15.8 Å². The highest BCUT2D eigenvalue weighted by Gasteiger charge is 2.64. The fourth-order valence-electron chi connectivity index (χ4n) is 9.64. The fraction of sp³-hybridized carbons (Fsp3) is 0.447. The Kier molecular flexibility index (Phi) is 12.8. The topological polar surface area (TPSA) is 162 Å². The molecule has 3 amide bonds. The van der Waals surface area contributed by atoms with Gasteiger partial charge in [-0.3, -0.25) is 23.7 Å². The number of rotatable bonds is 13. The van der Waals surface area contributed by atoms with Gasteiger partial charge in [-0.25, -0.2) is 14.3 Å². The van der Waals surface area contributed by atoms with Crippen molar-refractivity contribution in [2.45, 2.75) is 113 Å². The minimum Gasteiger partial charge on any atom is -0.465 e. The first-order chi connectivity index (χ1) is 30.4. The van der Waals surface area contributed by atoms with Crippen LogP contribution in [0.3, 0.4) is 0 Å². The van der Waals surface area contributed by atoms with Crippen molar-refractivity contribution >= 4 is 58.3 Å². The first kappa shape index (κ1) is 44.0. The number of amides is 3. The van der Waals surface area contributed by atoms with Crippen molar-refractivity contribution in [2.24, 2.45) is 5.92 Å². The van der Waals surface area contributed by atoms with Gasteiger partial charge in [0.25, 0.3) is 5.91 Å². The summed E-state index contributed by atoms with van der Waals surface area (Å²) in [5.74, 6) is -4.40. The Balaban J connectivity index is 0.993. The number of ether oxygens (including phenoxy) is 1. The molecule has 63 heavy (non-hydrogen) atoms. The van der Waals surface area contributed by atoms with Gasteiger partial charge in [-0.2, -0.15) is 5.26 Å². The van der Waals surface area contributed by atoms with Crippen LogP contribution in [0.15, 0.2) is 78.9 Å². The van der Waals surface area contributed by atoms with Crippen molar-refractivity contribution in [2.75, 3.05) is 13.2 Å². The molecule has 3 saturated heterocycles. The van der Waals surface area contributed by atoms with Crippen LogP contribution in [0.1, 0.15) is 104 Å². The van der Waals surface area contributed by atoms with Crippen LogP contribution in [0.5, 0.6) is 5.75 Å². The Bertz CT molecular complexity index is 2540. The maximum atomic E-state index is 16.6. The van der Waals surface area contributed by atoms with Crippen LogP contribution in [0.2, 0.25) is 0 Å². The molecule has 2 unspecified atom stereocenters. The van der Waals surface area contributed by atoms with Crippen LogP contribution in [0, 0.1) is 23.8 Å². The minimum atomic E-state index is -4.47. The number of halogens is 1. The number of esters is 1. The number of alkyl halides is 1. The van der Waals surface area contributed by atoms with E-state index in [2.05, 4.69) is 21.3 Å². The number of benzene rings is 3. The average Bonchev–Trinajstić information content (AvgIpc) is 3.61. The number of hydrogen-bond donors (Lipinski definition) is 2. The van der Waals surface area contributed by atoms with Crippen molar-refractivity contribution in [3.8, 4) is 11.8 Å². The molecule has 1 saturated carbocycles. The number of likely N-dealkylation sites (tertiary alicyclic amines) is 1. The molecule has 8 atom stereocenters. The molecule has 1 aromatic heterocycles. The molecule has 4 aromatic rings. The highest BCUT2D eigenvalue weighted by atomic mass is 32.1. The SMILES string of the molecule is [C-]#[N+]c1cccc(C2CN(C(=O)[C@@H]3CC[C@@H]4CCCC[C@H](NC(=O)c5cc6cc([C@H](F)P(=O)(N[C@@H](C)C(=O)OCCC)Oc7ccccc7)ccc6s5)C(=O)N43)C3(CC3)[C@H]2C#N)c1. The third-order valence-corrected chi connectivity index (χ3v) is 16.2. The number of thiophene rings is 1. The molecule has 8 rings (SSSR count). The highest BCUT2D eigenvalue weighted by Crippen LogP contribution is 2.59. The first-order valence-electron chi connectivity index (χ1n) is 21.7. The quantitative estimate of drug-likeness (QED) is 0.0758. The van der Waals surface area contributed by atoms with Crippen molar-refractivity contribution in [1.82, 2.24) is 20.2 Å². The van der Waals surface area contributed by atoms with E-state index in [0.29, 0.717) is 67.3 Å². The second-order valence-corrected chi connectivity index (χ2v) is 20.2. The molecule has 4 heterocycles. The third kappa shape index (κ3) is 8.71. The maximum Gasteiger partial charge on any atom is 0.355 e. The lowest BCUT2D eigenvalue weighted by atomic mass is 9.85. The molecule has 2 N–H and O–H groups in total. The molecule has 0 bridgehead atoms. The van der Waals surface area contributed by atoms with Crippen LogP contribution in [-0.4, -0.2) is 76.3 Å². The van der Waals surface area contributed by atoms with Gasteiger partial charge in [0.05, 0.1) is 35.6 Å². The molecule has 16 heteroatoms. The molecule has 328 valence electrons. The van der Waals surface area contributed by atoms with E-state index in [1.807, 2.05) is 24.0 Å². The van der Waals surface area contributed by atoms with Gasteiger partial charge in [0, 0.05) is 23.2 Å². The molecule has 3 aromatic carbocycles. The lowest BCUT2D eigenvalue weighted by Crippen LogP contribution is -2.57. The lowest BCUT2D eigenvalue weighted by molar-refractivity contribution is -0.148. The third-order valence-electron chi connectivity index (χ3n) is 12.9. The van der Waals surface area contributed by atoms with Gasteiger partial charge < -0.3 is 24.4 Å². The molecule has 0 radical (unpaired) electrons. The second kappa shape index (κ2) is 18.2. The Labute approximate surface area is 370 Å². The molecule has 4 aliphatic rings. The summed E-state index contributed by atoms with van der Waals surface area (Å²) in [6, 6.07) is 21.1. The van der Waals surface area contributed by atoms with Gasteiger partial charge in [0.15, 0.2) is 5.69 Å². The van der Waals surface area contributed by atoms with Gasteiger partial charge in [-0.05, 0) is 93.2 Å². The average molecular weight is 893 g/mol. The Hall–Kier alpha value is -5.60. The summed E-state index contributed by atoms with van der Waals surface area (Å²) in [4.78, 5) is 63.3. The largest absolute Gasteiger partial charge is 0.465 e. The lowest BCUT2D eigenvalue weighted by Gasteiger charge is -2.37. The van der Waals surface area contributed by atoms with Crippen LogP contribution in [0.4, 0.5) is 10.1 Å². The van der Waals surface area contributed by atoms with E-state index in [1.54, 1.807) is 47.4 Å². The Morgan fingerprint density at radius 1 is 1.05 bits per heavy atom. The van der Waals surface area contributed by atoms with Gasteiger partial charge in [-0.15, -0.1) is 11.3 Å². The number of para-hydroxylation sites is 1. The molecule has 1 spiro atoms. The van der Waals surface area contributed by atoms with Crippen molar-refractivity contribution in [3.63, 3.8) is 0 Å². The van der Waals surface area contributed by atoms with Crippen LogP contribution >= 0.6 is 18.9 Å². The maximum absolute atomic E-state index is 16.6. The minimum absolute atomic E-state index is 0.00871. The fourth-order valence-corrected chi connectivity index (χ4v) is 12.5. The molecule has 13 nitrogen and oxygen atoms in total. The van der Waals surface area contributed by atoms with Crippen LogP contribution in [-0.2, 0) is 23.7 Å². The summed E-state index contributed by atoms with van der Waals surface area (Å²) in [5, 5.41) is 16.5. The Morgan fingerprint density at radius 2 is 1.83 bits per heavy atom. The van der Waals surface area contributed by atoms with E-state index in [9.17, 15) is 29.0 Å². The summed E-state index contributed by atoms with van der Waals surface area (Å²) >= 11 is 1.17. The molecule has 4 fully saturated rings. The smallest absolute Gasteiger partial charge is 0.355 e. The molecule has 1 aliphatic carbocycles. The standard InChI is InChI=1S/C47H50FN6O7PS/c1-4-23-60-46(58)29(2)52-62(59,61-35-14-6-5-7-15-35)42(48)31-17-20-40-32(24-31)26-41(63-40)43(55)51-38-16-9-8-13-34-18-19-39(54(34)44(38)56)45(57)53-28-36(37(27-49)47(53)21-22-47)30-11-10-12-33(25-30)50-3/h5-7,10-12,14-15,17,20,24-26,29,34,36-39,42H,4,8-9,13,16,18-19,21-23,28H2,1-2H3,(H,51,55)(H,52,59)/t29-,34-,36?,37-,38-,39-,42+,62?/m0/s1. The summed E-state index contributed by atoms with van der Waals surface area (Å²) in [6.45, 7) is 11.2. The summed E-state index contributed by atoms with van der Waals surface area (Å²) in [7, 11) is -4.47. The van der Waals surface area contributed by atoms with Gasteiger partial charge in [0.2, 0.25) is 17.7 Å². The summed E-state index contributed by atoms with van der Waals surface area (Å²) in [5.41, 5.74) is 0.745. The Morgan fingerprint density at radius 3 is 2.56 bits per heavy atom. The first-order valence-corrected chi connectivity index (χ1v) is 24.2. The predicted octanol–water partition coefficient (Wildman–Crippen LogP) is 8.95. The summed E-state index contributed by atoms with van der Waals surface area (Å²) in [6.07, 6.45) is 5.83.